The Labute approximate surface area is 165 Å². The van der Waals surface area contributed by atoms with Gasteiger partial charge >= 0.3 is 0 Å². The van der Waals surface area contributed by atoms with Crippen molar-refractivity contribution in [2.75, 3.05) is 26.2 Å². The largest absolute Gasteiger partial charge is 0.340 e. The minimum atomic E-state index is -3.51. The second-order valence-electron chi connectivity index (χ2n) is 6.66. The second-order valence-corrected chi connectivity index (χ2v) is 8.48. The fourth-order valence-electron chi connectivity index (χ4n) is 3.07. The van der Waals surface area contributed by atoms with Crippen LogP contribution in [-0.2, 0) is 21.2 Å². The van der Waals surface area contributed by atoms with E-state index in [0.717, 1.165) is 11.1 Å². The van der Waals surface area contributed by atoms with E-state index in [0.29, 0.717) is 25.9 Å². The molecular weight excluding hydrogens is 379 g/mol. The van der Waals surface area contributed by atoms with Crippen LogP contribution in [0.3, 0.4) is 0 Å². The Hall–Kier alpha value is -2.51. The molecule has 2 aromatic carbocycles. The van der Waals surface area contributed by atoms with Crippen LogP contribution in [-0.4, -0.2) is 49.7 Å². The molecule has 0 N–H and O–H groups in total. The van der Waals surface area contributed by atoms with Gasteiger partial charge in [-0.05, 0) is 35.8 Å². The number of aryl methyl sites for hydroxylation is 1. The third kappa shape index (κ3) is 5.50. The first-order chi connectivity index (χ1) is 13.4. The summed E-state index contributed by atoms with van der Waals surface area (Å²) in [5.41, 5.74) is 1.72. The Morgan fingerprint density at radius 2 is 1.61 bits per heavy atom. The van der Waals surface area contributed by atoms with Gasteiger partial charge in [0.2, 0.25) is 15.9 Å². The molecule has 1 heterocycles. The number of rotatable bonds is 6. The van der Waals surface area contributed by atoms with Gasteiger partial charge in [-0.3, -0.25) is 4.79 Å². The molecule has 0 bridgehead atoms. The Morgan fingerprint density at radius 1 is 0.964 bits per heavy atom. The third-order valence-electron chi connectivity index (χ3n) is 4.72. The molecule has 148 valence electrons. The molecule has 0 spiro atoms. The number of amides is 1. The van der Waals surface area contributed by atoms with Crippen molar-refractivity contribution in [1.82, 2.24) is 9.21 Å². The quantitative estimate of drug-likeness (QED) is 0.747. The maximum absolute atomic E-state index is 12.9. The van der Waals surface area contributed by atoms with E-state index in [2.05, 4.69) is 0 Å². The molecule has 7 heteroatoms. The Bertz CT molecular complexity index is 920. The van der Waals surface area contributed by atoms with Crippen LogP contribution >= 0.6 is 0 Å². The van der Waals surface area contributed by atoms with E-state index in [9.17, 15) is 17.6 Å². The molecule has 0 atom stereocenters. The molecule has 0 aromatic heterocycles. The molecule has 1 fully saturated rings. The molecule has 28 heavy (non-hydrogen) atoms. The normalized spacial score (nSPS) is 15.8. The molecule has 5 nitrogen and oxygen atoms in total. The van der Waals surface area contributed by atoms with Gasteiger partial charge in [0, 0.05) is 38.0 Å². The topological polar surface area (TPSA) is 57.7 Å². The van der Waals surface area contributed by atoms with Crippen LogP contribution in [0.2, 0.25) is 0 Å². The van der Waals surface area contributed by atoms with Crippen molar-refractivity contribution >= 4 is 22.0 Å². The van der Waals surface area contributed by atoms with Gasteiger partial charge in [0.1, 0.15) is 5.82 Å². The molecule has 0 aliphatic carbocycles. The van der Waals surface area contributed by atoms with E-state index < -0.39 is 10.0 Å². The van der Waals surface area contributed by atoms with E-state index in [-0.39, 0.29) is 24.8 Å². The number of carbonyl (C=O) groups is 1. The van der Waals surface area contributed by atoms with E-state index in [4.69, 9.17) is 0 Å². The van der Waals surface area contributed by atoms with Crippen LogP contribution in [0, 0.1) is 5.82 Å². The summed E-state index contributed by atoms with van der Waals surface area (Å²) < 4.78 is 39.3. The third-order valence-corrected chi connectivity index (χ3v) is 6.29. The molecular formula is C21H23FN2O3S. The van der Waals surface area contributed by atoms with E-state index in [1.165, 1.54) is 21.8 Å². The van der Waals surface area contributed by atoms with Crippen molar-refractivity contribution in [3.05, 3.63) is 76.9 Å². The summed E-state index contributed by atoms with van der Waals surface area (Å²) in [6.45, 7) is 1.31. The fraction of sp³-hybridized carbons (Fsp3) is 0.286. The van der Waals surface area contributed by atoms with Gasteiger partial charge in [0.15, 0.2) is 0 Å². The molecule has 1 aliphatic rings. The zero-order valence-electron chi connectivity index (χ0n) is 15.5. The lowest BCUT2D eigenvalue weighted by Gasteiger charge is -2.33. The van der Waals surface area contributed by atoms with E-state index in [1.807, 2.05) is 30.3 Å². The first-order valence-corrected chi connectivity index (χ1v) is 10.7. The molecule has 1 amide bonds. The monoisotopic (exact) mass is 402 g/mol. The Morgan fingerprint density at radius 3 is 2.25 bits per heavy atom. The predicted molar refractivity (Wildman–Crippen MR) is 107 cm³/mol. The van der Waals surface area contributed by atoms with Crippen molar-refractivity contribution in [2.45, 2.75) is 12.8 Å². The number of nitrogens with zero attached hydrogens (tertiary/aromatic N) is 2. The predicted octanol–water partition coefficient (Wildman–Crippen LogP) is 2.90. The smallest absolute Gasteiger partial charge is 0.236 e. The summed E-state index contributed by atoms with van der Waals surface area (Å²) in [4.78, 5) is 14.1. The second kappa shape index (κ2) is 9.12. The standard InChI is InChI=1S/C21H23FN2O3S/c22-20-9-6-19(7-10-20)8-11-21(25)23-13-15-24(16-14-23)28(26,27)17-12-18-4-2-1-3-5-18/h1-7,9-10,12,17H,8,11,13-16H2/b17-12+. The minimum absolute atomic E-state index is 0.0128. The number of halogens is 1. The summed E-state index contributed by atoms with van der Waals surface area (Å²) in [6, 6.07) is 15.4. The Kier molecular flexibility index (Phi) is 6.59. The van der Waals surface area contributed by atoms with Crippen LogP contribution < -0.4 is 0 Å². The number of benzene rings is 2. The minimum Gasteiger partial charge on any atom is -0.340 e. The van der Waals surface area contributed by atoms with Gasteiger partial charge in [0.05, 0.1) is 0 Å². The average Bonchev–Trinajstić information content (AvgIpc) is 2.72. The molecule has 0 unspecified atom stereocenters. The van der Waals surface area contributed by atoms with Crippen molar-refractivity contribution in [3.63, 3.8) is 0 Å². The lowest BCUT2D eigenvalue weighted by Crippen LogP contribution is -2.50. The molecule has 3 rings (SSSR count). The maximum Gasteiger partial charge on any atom is 0.236 e. The molecule has 0 saturated carbocycles. The highest BCUT2D eigenvalue weighted by molar-refractivity contribution is 7.92. The summed E-state index contributed by atoms with van der Waals surface area (Å²) in [6.07, 6.45) is 2.44. The van der Waals surface area contributed by atoms with Crippen LogP contribution in [0.1, 0.15) is 17.5 Å². The zero-order chi connectivity index (χ0) is 20.0. The summed E-state index contributed by atoms with van der Waals surface area (Å²) in [7, 11) is -3.51. The van der Waals surface area contributed by atoms with Crippen LogP contribution in [0.25, 0.3) is 6.08 Å². The van der Waals surface area contributed by atoms with Gasteiger partial charge in [-0.2, -0.15) is 4.31 Å². The van der Waals surface area contributed by atoms with Crippen LogP contribution in [0.5, 0.6) is 0 Å². The molecule has 0 radical (unpaired) electrons. The molecule has 2 aromatic rings. The average molecular weight is 402 g/mol. The number of hydrogen-bond acceptors (Lipinski definition) is 3. The van der Waals surface area contributed by atoms with Crippen molar-refractivity contribution < 1.29 is 17.6 Å². The van der Waals surface area contributed by atoms with Gasteiger partial charge in [0.25, 0.3) is 0 Å². The first-order valence-electron chi connectivity index (χ1n) is 9.19. The lowest BCUT2D eigenvalue weighted by molar-refractivity contribution is -0.132. The highest BCUT2D eigenvalue weighted by atomic mass is 32.2. The van der Waals surface area contributed by atoms with E-state index >= 15 is 0 Å². The van der Waals surface area contributed by atoms with E-state index in [1.54, 1.807) is 23.1 Å². The zero-order valence-corrected chi connectivity index (χ0v) is 16.3. The lowest BCUT2D eigenvalue weighted by atomic mass is 10.1. The fourth-order valence-corrected chi connectivity index (χ4v) is 4.24. The van der Waals surface area contributed by atoms with Gasteiger partial charge in [-0.15, -0.1) is 0 Å². The SMILES string of the molecule is O=C(CCc1ccc(F)cc1)N1CCN(S(=O)(=O)/C=C/c2ccccc2)CC1. The first kappa shape index (κ1) is 20.2. The van der Waals surface area contributed by atoms with Crippen molar-refractivity contribution in [1.29, 1.82) is 0 Å². The van der Waals surface area contributed by atoms with Crippen LogP contribution in [0.15, 0.2) is 60.0 Å². The Balaban J connectivity index is 1.49. The van der Waals surface area contributed by atoms with Crippen LogP contribution in [0.4, 0.5) is 4.39 Å². The highest BCUT2D eigenvalue weighted by Crippen LogP contribution is 2.13. The summed E-state index contributed by atoms with van der Waals surface area (Å²) in [5, 5.41) is 1.22. The number of piperazine rings is 1. The number of carbonyl (C=O) groups excluding carboxylic acids is 1. The van der Waals surface area contributed by atoms with Gasteiger partial charge in [-0.1, -0.05) is 42.5 Å². The van der Waals surface area contributed by atoms with Crippen molar-refractivity contribution in [3.8, 4) is 0 Å². The molecule has 1 saturated heterocycles. The summed E-state index contributed by atoms with van der Waals surface area (Å²) in [5.74, 6) is -0.310. The molecule has 1 aliphatic heterocycles. The summed E-state index contributed by atoms with van der Waals surface area (Å²) >= 11 is 0. The maximum atomic E-state index is 12.9. The van der Waals surface area contributed by atoms with Crippen molar-refractivity contribution in [2.24, 2.45) is 0 Å². The van der Waals surface area contributed by atoms with Gasteiger partial charge < -0.3 is 4.90 Å². The number of sulfonamides is 1. The van der Waals surface area contributed by atoms with Gasteiger partial charge in [-0.25, -0.2) is 12.8 Å². The highest BCUT2D eigenvalue weighted by Gasteiger charge is 2.27. The number of hydrogen-bond donors (Lipinski definition) is 0.